The zero-order valence-electron chi connectivity index (χ0n) is 16.4. The molecule has 1 N–H and O–H groups in total. The number of anilines is 1. The van der Waals surface area contributed by atoms with Gasteiger partial charge in [0.1, 0.15) is 0 Å². The average molecular weight is 382 g/mol. The predicted molar refractivity (Wildman–Crippen MR) is 108 cm³/mol. The molecule has 28 heavy (non-hydrogen) atoms. The van der Waals surface area contributed by atoms with Gasteiger partial charge in [-0.05, 0) is 62.7 Å². The Balaban J connectivity index is 1.61. The standard InChI is InChI=1S/C22H26N2O4/c1-16(25)17-9-10-20(21(13-17)27-2)28-15-22(26)23-19-8-4-3-7-18(19)14-24-11-5-6-12-24/h3-4,7-10,13H,5-6,11-12,14-15H2,1-2H3,(H,23,26). The van der Waals surface area contributed by atoms with Gasteiger partial charge in [-0.25, -0.2) is 0 Å². The Morgan fingerprint density at radius 3 is 2.54 bits per heavy atom. The molecule has 6 heteroatoms. The molecular formula is C22H26N2O4. The van der Waals surface area contributed by atoms with Gasteiger partial charge in [0.2, 0.25) is 0 Å². The third-order valence-electron chi connectivity index (χ3n) is 4.81. The minimum Gasteiger partial charge on any atom is -0.493 e. The summed E-state index contributed by atoms with van der Waals surface area (Å²) in [5.41, 5.74) is 2.44. The van der Waals surface area contributed by atoms with E-state index in [1.807, 2.05) is 24.3 Å². The number of amides is 1. The molecule has 0 radical (unpaired) electrons. The smallest absolute Gasteiger partial charge is 0.262 e. The third kappa shape index (κ3) is 5.10. The number of ether oxygens (including phenoxy) is 2. The Bertz CT molecular complexity index is 844. The molecule has 1 aliphatic rings. The first kappa shape index (κ1) is 19.9. The number of benzene rings is 2. The Labute approximate surface area is 165 Å². The maximum atomic E-state index is 12.4. The van der Waals surface area contributed by atoms with Gasteiger partial charge in [0.15, 0.2) is 23.9 Å². The molecule has 1 aliphatic heterocycles. The van der Waals surface area contributed by atoms with Gasteiger partial charge < -0.3 is 14.8 Å². The average Bonchev–Trinajstić information content (AvgIpc) is 3.20. The van der Waals surface area contributed by atoms with Crippen LogP contribution in [0.3, 0.4) is 0 Å². The fraction of sp³-hybridized carbons (Fsp3) is 0.364. The molecule has 1 heterocycles. The van der Waals surface area contributed by atoms with Gasteiger partial charge in [0, 0.05) is 17.8 Å². The van der Waals surface area contributed by atoms with E-state index in [1.165, 1.54) is 26.9 Å². The molecule has 1 saturated heterocycles. The van der Waals surface area contributed by atoms with Gasteiger partial charge in [-0.1, -0.05) is 18.2 Å². The number of methoxy groups -OCH3 is 1. The highest BCUT2D eigenvalue weighted by Gasteiger charge is 2.15. The number of carbonyl (C=O) groups is 2. The van der Waals surface area contributed by atoms with Gasteiger partial charge in [0.05, 0.1) is 7.11 Å². The van der Waals surface area contributed by atoms with Crippen LogP contribution < -0.4 is 14.8 Å². The van der Waals surface area contributed by atoms with E-state index in [0.717, 1.165) is 30.9 Å². The minimum atomic E-state index is -0.244. The Hall–Kier alpha value is -2.86. The first-order chi connectivity index (χ1) is 13.6. The van der Waals surface area contributed by atoms with Crippen molar-refractivity contribution in [3.63, 3.8) is 0 Å². The van der Waals surface area contributed by atoms with E-state index in [0.29, 0.717) is 17.1 Å². The van der Waals surface area contributed by atoms with Gasteiger partial charge in [-0.15, -0.1) is 0 Å². The summed E-state index contributed by atoms with van der Waals surface area (Å²) in [7, 11) is 1.50. The zero-order chi connectivity index (χ0) is 19.9. The lowest BCUT2D eigenvalue weighted by Gasteiger charge is -2.18. The van der Waals surface area contributed by atoms with E-state index in [2.05, 4.69) is 10.2 Å². The Kier molecular flexibility index (Phi) is 6.66. The number of hydrogen-bond donors (Lipinski definition) is 1. The maximum Gasteiger partial charge on any atom is 0.262 e. The normalized spacial score (nSPS) is 13.9. The molecule has 148 valence electrons. The molecule has 3 rings (SSSR count). The molecule has 6 nitrogen and oxygen atoms in total. The van der Waals surface area contributed by atoms with Crippen molar-refractivity contribution < 1.29 is 19.1 Å². The molecule has 1 fully saturated rings. The molecule has 0 saturated carbocycles. The summed E-state index contributed by atoms with van der Waals surface area (Å²) in [6, 6.07) is 12.8. The Morgan fingerprint density at radius 1 is 1.07 bits per heavy atom. The van der Waals surface area contributed by atoms with Crippen LogP contribution >= 0.6 is 0 Å². The number of rotatable bonds is 8. The lowest BCUT2D eigenvalue weighted by molar-refractivity contribution is -0.118. The highest BCUT2D eigenvalue weighted by molar-refractivity contribution is 5.95. The van der Waals surface area contributed by atoms with Crippen LogP contribution in [-0.2, 0) is 11.3 Å². The number of hydrogen-bond acceptors (Lipinski definition) is 5. The second-order valence-corrected chi connectivity index (χ2v) is 6.90. The summed E-state index contributed by atoms with van der Waals surface area (Å²) >= 11 is 0. The Morgan fingerprint density at radius 2 is 1.82 bits per heavy atom. The molecule has 2 aromatic carbocycles. The van der Waals surface area contributed by atoms with Crippen LogP contribution in [0.4, 0.5) is 5.69 Å². The van der Waals surface area contributed by atoms with Crippen molar-refractivity contribution in [2.75, 3.05) is 32.1 Å². The first-order valence-corrected chi connectivity index (χ1v) is 9.48. The molecule has 2 aromatic rings. The second kappa shape index (κ2) is 9.37. The number of carbonyl (C=O) groups excluding carboxylic acids is 2. The second-order valence-electron chi connectivity index (χ2n) is 6.90. The molecule has 1 amide bonds. The number of nitrogens with zero attached hydrogens (tertiary/aromatic N) is 1. The van der Waals surface area contributed by atoms with Gasteiger partial charge in [-0.3, -0.25) is 14.5 Å². The zero-order valence-corrected chi connectivity index (χ0v) is 16.4. The molecular weight excluding hydrogens is 356 g/mol. The highest BCUT2D eigenvalue weighted by Crippen LogP contribution is 2.28. The fourth-order valence-corrected chi connectivity index (χ4v) is 3.30. The number of likely N-dealkylation sites (tertiary alicyclic amines) is 1. The molecule has 0 atom stereocenters. The van der Waals surface area contributed by atoms with Crippen LogP contribution in [0, 0.1) is 0 Å². The maximum absolute atomic E-state index is 12.4. The van der Waals surface area contributed by atoms with E-state index in [1.54, 1.807) is 18.2 Å². The number of para-hydroxylation sites is 1. The summed E-state index contributed by atoms with van der Waals surface area (Å²) in [4.78, 5) is 26.3. The van der Waals surface area contributed by atoms with E-state index in [4.69, 9.17) is 9.47 Å². The molecule has 0 spiro atoms. The number of Topliss-reactive ketones (excluding diaryl/α,β-unsaturated/α-hetero) is 1. The van der Waals surface area contributed by atoms with Gasteiger partial charge in [0.25, 0.3) is 5.91 Å². The van der Waals surface area contributed by atoms with Crippen molar-refractivity contribution in [2.45, 2.75) is 26.3 Å². The van der Waals surface area contributed by atoms with Crippen LogP contribution in [0.1, 0.15) is 35.7 Å². The summed E-state index contributed by atoms with van der Waals surface area (Å²) in [6.45, 7) is 4.37. The van der Waals surface area contributed by atoms with Gasteiger partial charge in [-0.2, -0.15) is 0 Å². The lowest BCUT2D eigenvalue weighted by Crippen LogP contribution is -2.23. The minimum absolute atomic E-state index is 0.0581. The molecule has 0 aliphatic carbocycles. The van der Waals surface area contributed by atoms with Crippen molar-refractivity contribution in [3.05, 3.63) is 53.6 Å². The van der Waals surface area contributed by atoms with E-state index < -0.39 is 0 Å². The van der Waals surface area contributed by atoms with Crippen LogP contribution in [0.25, 0.3) is 0 Å². The number of nitrogens with one attached hydrogen (secondary N) is 1. The van der Waals surface area contributed by atoms with Crippen LogP contribution in [0.5, 0.6) is 11.5 Å². The topological polar surface area (TPSA) is 67.9 Å². The summed E-state index contributed by atoms with van der Waals surface area (Å²) in [5.74, 6) is 0.548. The van der Waals surface area contributed by atoms with Crippen LogP contribution in [0.2, 0.25) is 0 Å². The van der Waals surface area contributed by atoms with Crippen molar-refractivity contribution >= 4 is 17.4 Å². The molecule has 0 bridgehead atoms. The van der Waals surface area contributed by atoms with Gasteiger partial charge >= 0.3 is 0 Å². The van der Waals surface area contributed by atoms with Crippen LogP contribution in [-0.4, -0.2) is 43.4 Å². The quantitative estimate of drug-likeness (QED) is 0.708. The van der Waals surface area contributed by atoms with Crippen molar-refractivity contribution in [1.82, 2.24) is 4.90 Å². The summed E-state index contributed by atoms with van der Waals surface area (Å²) in [5, 5.41) is 2.94. The monoisotopic (exact) mass is 382 g/mol. The van der Waals surface area contributed by atoms with Crippen molar-refractivity contribution in [3.8, 4) is 11.5 Å². The lowest BCUT2D eigenvalue weighted by atomic mass is 10.1. The predicted octanol–water partition coefficient (Wildman–Crippen LogP) is 3.51. The summed E-state index contributed by atoms with van der Waals surface area (Å²) in [6.07, 6.45) is 2.46. The highest BCUT2D eigenvalue weighted by atomic mass is 16.5. The number of ketones is 1. The molecule has 0 aromatic heterocycles. The summed E-state index contributed by atoms with van der Waals surface area (Å²) < 4.78 is 10.9. The van der Waals surface area contributed by atoms with Crippen molar-refractivity contribution in [1.29, 1.82) is 0 Å². The largest absolute Gasteiger partial charge is 0.493 e. The van der Waals surface area contributed by atoms with E-state index >= 15 is 0 Å². The third-order valence-corrected chi connectivity index (χ3v) is 4.81. The fourth-order valence-electron chi connectivity index (χ4n) is 3.30. The van der Waals surface area contributed by atoms with E-state index in [-0.39, 0.29) is 18.3 Å². The van der Waals surface area contributed by atoms with E-state index in [9.17, 15) is 9.59 Å². The first-order valence-electron chi connectivity index (χ1n) is 9.48. The SMILES string of the molecule is COc1cc(C(C)=O)ccc1OCC(=O)Nc1ccccc1CN1CCCC1. The van der Waals surface area contributed by atoms with Crippen LogP contribution in [0.15, 0.2) is 42.5 Å². The van der Waals surface area contributed by atoms with Crippen molar-refractivity contribution in [2.24, 2.45) is 0 Å². The molecule has 0 unspecified atom stereocenters.